The van der Waals surface area contributed by atoms with E-state index in [-0.39, 0.29) is 5.91 Å². The first-order valence-corrected chi connectivity index (χ1v) is 10.00. The third-order valence-corrected chi connectivity index (χ3v) is 5.51. The number of ether oxygens (including phenoxy) is 1. The van der Waals surface area contributed by atoms with Crippen LogP contribution in [0.4, 0.5) is 0 Å². The van der Waals surface area contributed by atoms with Crippen LogP contribution in [0.15, 0.2) is 66.9 Å². The van der Waals surface area contributed by atoms with Gasteiger partial charge < -0.3 is 9.64 Å². The second-order valence-electron chi connectivity index (χ2n) is 7.54. The lowest BCUT2D eigenvalue weighted by atomic mass is 9.95. The van der Waals surface area contributed by atoms with Crippen LogP contribution in [0.1, 0.15) is 17.7 Å². The van der Waals surface area contributed by atoms with Gasteiger partial charge >= 0.3 is 0 Å². The summed E-state index contributed by atoms with van der Waals surface area (Å²) in [5.41, 5.74) is 1.49. The molecule has 5 nitrogen and oxygen atoms in total. The van der Waals surface area contributed by atoms with Gasteiger partial charge in [0, 0.05) is 45.3 Å². The van der Waals surface area contributed by atoms with Gasteiger partial charge in [0.2, 0.25) is 0 Å². The molecule has 4 rings (SSSR count). The molecule has 0 bridgehead atoms. The lowest BCUT2D eigenvalue weighted by Gasteiger charge is -2.42. The van der Waals surface area contributed by atoms with Gasteiger partial charge in [-0.05, 0) is 24.1 Å². The molecular weight excluding hydrogens is 350 g/mol. The van der Waals surface area contributed by atoms with Crippen molar-refractivity contribution in [1.82, 2.24) is 14.8 Å². The van der Waals surface area contributed by atoms with E-state index < -0.39 is 5.60 Å². The van der Waals surface area contributed by atoms with Gasteiger partial charge in [0.15, 0.2) is 5.60 Å². The summed E-state index contributed by atoms with van der Waals surface area (Å²) in [5.74, 6) is 0.110. The van der Waals surface area contributed by atoms with Crippen LogP contribution < -0.4 is 0 Å². The highest BCUT2D eigenvalue weighted by Crippen LogP contribution is 2.28. The van der Waals surface area contributed by atoms with Crippen LogP contribution in [0.3, 0.4) is 0 Å². The summed E-state index contributed by atoms with van der Waals surface area (Å²) < 4.78 is 6.14. The van der Waals surface area contributed by atoms with Crippen molar-refractivity contribution in [2.75, 3.05) is 32.8 Å². The minimum Gasteiger partial charge on any atom is -0.362 e. The van der Waals surface area contributed by atoms with E-state index in [1.807, 2.05) is 47.5 Å². The molecule has 2 aromatic rings. The number of hydrogen-bond donors (Lipinski definition) is 0. The van der Waals surface area contributed by atoms with Crippen molar-refractivity contribution < 1.29 is 9.53 Å². The van der Waals surface area contributed by atoms with Gasteiger partial charge in [-0.1, -0.05) is 48.6 Å². The maximum Gasteiger partial charge on any atom is 0.256 e. The van der Waals surface area contributed by atoms with Gasteiger partial charge in [0.05, 0.1) is 12.3 Å². The minimum absolute atomic E-state index is 0.110. The third-order valence-electron chi connectivity index (χ3n) is 5.51. The second kappa shape index (κ2) is 8.67. The van der Waals surface area contributed by atoms with E-state index in [1.165, 1.54) is 5.56 Å². The summed E-state index contributed by atoms with van der Waals surface area (Å²) in [6.45, 7) is 4.09. The molecule has 1 aromatic heterocycles. The molecule has 5 heteroatoms. The minimum atomic E-state index is -0.781. The number of rotatable bonds is 5. The van der Waals surface area contributed by atoms with Crippen LogP contribution in [0.5, 0.6) is 0 Å². The molecule has 0 radical (unpaired) electrons. The van der Waals surface area contributed by atoms with E-state index in [0.29, 0.717) is 32.7 Å². The molecule has 1 aromatic carbocycles. The van der Waals surface area contributed by atoms with Crippen LogP contribution >= 0.6 is 0 Å². The zero-order valence-corrected chi connectivity index (χ0v) is 16.2. The molecule has 0 unspecified atom stereocenters. The monoisotopic (exact) mass is 377 g/mol. The van der Waals surface area contributed by atoms with Crippen molar-refractivity contribution in [3.05, 3.63) is 78.1 Å². The molecule has 3 heterocycles. The number of benzene rings is 1. The molecule has 1 amide bonds. The maximum absolute atomic E-state index is 13.5. The van der Waals surface area contributed by atoms with E-state index >= 15 is 0 Å². The molecule has 2 aliphatic heterocycles. The van der Waals surface area contributed by atoms with Crippen molar-refractivity contribution >= 4 is 5.91 Å². The van der Waals surface area contributed by atoms with Crippen LogP contribution in [0.25, 0.3) is 0 Å². The molecule has 1 fully saturated rings. The molecule has 2 aliphatic rings. The van der Waals surface area contributed by atoms with E-state index in [9.17, 15) is 4.79 Å². The topological polar surface area (TPSA) is 45.7 Å². The molecular formula is C23H27N3O2. The smallest absolute Gasteiger partial charge is 0.256 e. The summed E-state index contributed by atoms with van der Waals surface area (Å²) in [4.78, 5) is 22.1. The molecule has 1 spiro atoms. The fourth-order valence-corrected chi connectivity index (χ4v) is 4.00. The van der Waals surface area contributed by atoms with Crippen LogP contribution in [0.2, 0.25) is 0 Å². The third kappa shape index (κ3) is 4.32. The maximum atomic E-state index is 13.5. The van der Waals surface area contributed by atoms with Crippen molar-refractivity contribution in [2.45, 2.75) is 25.0 Å². The zero-order chi connectivity index (χ0) is 19.2. The fourth-order valence-electron chi connectivity index (χ4n) is 4.00. The number of pyridine rings is 1. The Kier molecular flexibility index (Phi) is 5.84. The molecule has 0 aliphatic carbocycles. The van der Waals surface area contributed by atoms with Crippen molar-refractivity contribution in [3.63, 3.8) is 0 Å². The number of aromatic nitrogens is 1. The molecule has 1 atom stereocenters. The summed E-state index contributed by atoms with van der Waals surface area (Å²) in [7, 11) is 0. The van der Waals surface area contributed by atoms with E-state index in [4.69, 9.17) is 4.74 Å². The van der Waals surface area contributed by atoms with Gasteiger partial charge in [-0.25, -0.2) is 0 Å². The van der Waals surface area contributed by atoms with Gasteiger partial charge in [0.25, 0.3) is 5.91 Å². The second-order valence-corrected chi connectivity index (χ2v) is 7.54. The number of amides is 1. The van der Waals surface area contributed by atoms with E-state index in [1.54, 1.807) is 0 Å². The molecule has 1 saturated heterocycles. The van der Waals surface area contributed by atoms with Gasteiger partial charge in [-0.15, -0.1) is 0 Å². The lowest BCUT2D eigenvalue weighted by molar-refractivity contribution is -0.170. The van der Waals surface area contributed by atoms with Crippen LogP contribution in [0, 0.1) is 0 Å². The molecule has 28 heavy (non-hydrogen) atoms. The zero-order valence-electron chi connectivity index (χ0n) is 16.2. The highest BCUT2D eigenvalue weighted by molar-refractivity contribution is 5.86. The van der Waals surface area contributed by atoms with Crippen molar-refractivity contribution in [3.8, 4) is 0 Å². The lowest BCUT2D eigenvalue weighted by Crippen LogP contribution is -2.60. The van der Waals surface area contributed by atoms with E-state index in [0.717, 1.165) is 25.2 Å². The van der Waals surface area contributed by atoms with Gasteiger partial charge in [-0.3, -0.25) is 14.7 Å². The number of carbonyl (C=O) groups is 1. The standard InChI is InChI=1S/C23H27N3O2/c27-22-23(19-25(16-17-28-23)18-21-10-4-6-13-24-21)12-5-7-14-26(22)15-11-20-8-2-1-3-9-20/h1-10,13H,11-12,14-19H2/t23-/m1/s1. The highest BCUT2D eigenvalue weighted by atomic mass is 16.5. The number of hydrogen-bond acceptors (Lipinski definition) is 4. The summed E-state index contributed by atoms with van der Waals surface area (Å²) in [6.07, 6.45) is 7.50. The first-order valence-electron chi connectivity index (χ1n) is 10.00. The summed E-state index contributed by atoms with van der Waals surface area (Å²) in [5, 5.41) is 0. The average Bonchev–Trinajstić information content (AvgIpc) is 2.88. The highest BCUT2D eigenvalue weighted by Gasteiger charge is 2.45. The predicted molar refractivity (Wildman–Crippen MR) is 109 cm³/mol. The van der Waals surface area contributed by atoms with Crippen molar-refractivity contribution in [1.29, 1.82) is 0 Å². The van der Waals surface area contributed by atoms with Crippen LogP contribution in [-0.4, -0.2) is 59.1 Å². The van der Waals surface area contributed by atoms with Gasteiger partial charge in [0.1, 0.15) is 0 Å². The number of morpholine rings is 1. The quantitative estimate of drug-likeness (QED) is 0.752. The number of carbonyl (C=O) groups excluding carboxylic acids is 1. The SMILES string of the molecule is O=C1N(CCc2ccccc2)CC=CC[C@@]12CN(Cc1ccccn1)CCO2. The molecule has 146 valence electrons. The van der Waals surface area contributed by atoms with Gasteiger partial charge in [-0.2, -0.15) is 0 Å². The Morgan fingerprint density at radius 1 is 1.07 bits per heavy atom. The summed E-state index contributed by atoms with van der Waals surface area (Å²) >= 11 is 0. The normalized spacial score (nSPS) is 23.1. The average molecular weight is 377 g/mol. The largest absolute Gasteiger partial charge is 0.362 e. The number of nitrogens with zero attached hydrogens (tertiary/aromatic N) is 3. The Morgan fingerprint density at radius 2 is 1.93 bits per heavy atom. The Hall–Kier alpha value is -2.50. The Labute approximate surface area is 166 Å². The Morgan fingerprint density at radius 3 is 2.75 bits per heavy atom. The summed E-state index contributed by atoms with van der Waals surface area (Å²) in [6, 6.07) is 16.3. The van der Waals surface area contributed by atoms with E-state index in [2.05, 4.69) is 34.2 Å². The first kappa shape index (κ1) is 18.8. The van der Waals surface area contributed by atoms with Crippen molar-refractivity contribution in [2.24, 2.45) is 0 Å². The van der Waals surface area contributed by atoms with Crippen LogP contribution in [-0.2, 0) is 22.5 Å². The molecule has 0 N–H and O–H groups in total. The fraction of sp³-hybridized carbons (Fsp3) is 0.391. The predicted octanol–water partition coefficient (Wildman–Crippen LogP) is 2.68. The Balaban J connectivity index is 1.45. The first-order chi connectivity index (χ1) is 13.8. The Bertz CT molecular complexity index is 809. The molecule has 0 saturated carbocycles.